The molecule has 1 aromatic rings. The lowest BCUT2D eigenvalue weighted by Crippen LogP contribution is -2.35. The summed E-state index contributed by atoms with van der Waals surface area (Å²) >= 11 is 0. The molecule has 6 nitrogen and oxygen atoms in total. The van der Waals surface area contributed by atoms with Gasteiger partial charge < -0.3 is 5.11 Å². The van der Waals surface area contributed by atoms with E-state index in [4.69, 9.17) is 5.11 Å². The molecule has 21 heavy (non-hydrogen) atoms. The summed E-state index contributed by atoms with van der Waals surface area (Å²) in [6, 6.07) is 0. The number of aromatic nitrogens is 2. The van der Waals surface area contributed by atoms with Crippen LogP contribution in [0.4, 0.5) is 22.0 Å². The summed E-state index contributed by atoms with van der Waals surface area (Å²) in [6.45, 7) is 0.805. The summed E-state index contributed by atoms with van der Waals surface area (Å²) in [4.78, 5) is 9.35. The summed E-state index contributed by atoms with van der Waals surface area (Å²) in [7, 11) is -4.69. The fraction of sp³-hybridized carbons (Fsp3) is 0.556. The molecular formula is C9H9F5N2O4S. The average molecular weight is 336 g/mol. The predicted molar refractivity (Wildman–Crippen MR) is 57.9 cm³/mol. The van der Waals surface area contributed by atoms with Crippen molar-refractivity contribution in [2.24, 2.45) is 0 Å². The smallest absolute Gasteiger partial charge is 0.459 e. The van der Waals surface area contributed by atoms with Crippen LogP contribution in [0.2, 0.25) is 0 Å². The summed E-state index contributed by atoms with van der Waals surface area (Å²) < 4.78 is 87.2. The Hall–Kier alpha value is -1.72. The normalized spacial score (nSPS) is 13.5. The maximum atomic E-state index is 13.4. The topological polar surface area (TPSA) is 89.3 Å². The van der Waals surface area contributed by atoms with Gasteiger partial charge in [-0.15, -0.1) is 0 Å². The van der Waals surface area contributed by atoms with Gasteiger partial charge in [0.25, 0.3) is 0 Å². The molecule has 1 heterocycles. The number of carbonyl (C=O) groups is 1. The minimum Gasteiger partial charge on any atom is -0.476 e. The first-order chi connectivity index (χ1) is 9.25. The average Bonchev–Trinajstić information content (AvgIpc) is 2.66. The first-order valence-electron chi connectivity index (χ1n) is 5.24. The molecule has 0 aliphatic heterocycles. The van der Waals surface area contributed by atoms with Gasteiger partial charge in [0.2, 0.25) is 0 Å². The van der Waals surface area contributed by atoms with Crippen LogP contribution in [0.5, 0.6) is 0 Å². The van der Waals surface area contributed by atoms with E-state index in [2.05, 4.69) is 5.10 Å². The molecule has 1 rings (SSSR count). The maximum absolute atomic E-state index is 13.4. The van der Waals surface area contributed by atoms with Gasteiger partial charge in [0.1, 0.15) is 4.90 Å². The third-order valence-corrected chi connectivity index (χ3v) is 3.56. The van der Waals surface area contributed by atoms with Crippen LogP contribution in [0, 0.1) is 0 Å². The largest absolute Gasteiger partial charge is 0.476 e. The van der Waals surface area contributed by atoms with Crippen molar-refractivity contribution in [3.63, 3.8) is 0 Å². The number of carboxylic acids is 1. The summed E-state index contributed by atoms with van der Waals surface area (Å²) in [5.74, 6) is -7.58. The van der Waals surface area contributed by atoms with Gasteiger partial charge >= 0.3 is 18.1 Å². The second-order valence-electron chi connectivity index (χ2n) is 3.99. The van der Waals surface area contributed by atoms with Crippen LogP contribution in [-0.4, -0.2) is 41.7 Å². The Kier molecular flexibility index (Phi) is 4.07. The molecule has 12 heteroatoms. The zero-order valence-electron chi connectivity index (χ0n) is 10.6. The fourth-order valence-corrected chi connectivity index (χ4v) is 2.64. The lowest BCUT2D eigenvalue weighted by molar-refractivity contribution is -0.292. The zero-order valence-corrected chi connectivity index (χ0v) is 11.4. The molecule has 0 bridgehead atoms. The predicted octanol–water partition coefficient (Wildman–Crippen LogP) is 1.66. The number of hydrogen-bond acceptors (Lipinski definition) is 4. The van der Waals surface area contributed by atoms with E-state index in [0.717, 1.165) is 0 Å². The van der Waals surface area contributed by atoms with E-state index in [9.17, 15) is 35.2 Å². The molecule has 0 aromatic carbocycles. The van der Waals surface area contributed by atoms with E-state index in [1.54, 1.807) is 0 Å². The molecule has 0 atom stereocenters. The third kappa shape index (κ3) is 2.84. The van der Waals surface area contributed by atoms with Gasteiger partial charge in [-0.1, -0.05) is 0 Å². The molecule has 0 unspecified atom stereocenters. The molecule has 0 aliphatic carbocycles. The van der Waals surface area contributed by atoms with Crippen LogP contribution in [0.1, 0.15) is 23.1 Å². The Bertz CT molecular complexity index is 677. The number of nitrogens with zero attached hydrogens (tertiary/aromatic N) is 2. The Morgan fingerprint density at radius 3 is 2.05 bits per heavy atom. The van der Waals surface area contributed by atoms with Crippen molar-refractivity contribution in [1.82, 2.24) is 9.78 Å². The minimum atomic E-state index is -6.12. The van der Waals surface area contributed by atoms with Crippen LogP contribution in [-0.2, 0) is 22.3 Å². The molecule has 0 saturated carbocycles. The highest BCUT2D eigenvalue weighted by Gasteiger charge is 2.63. The van der Waals surface area contributed by atoms with Crippen molar-refractivity contribution in [1.29, 1.82) is 0 Å². The number of aromatic carboxylic acids is 1. The molecule has 0 spiro atoms. The number of aryl methyl sites for hydroxylation is 1. The van der Waals surface area contributed by atoms with E-state index < -0.39 is 50.7 Å². The van der Waals surface area contributed by atoms with Crippen LogP contribution in [0.25, 0.3) is 0 Å². The lowest BCUT2D eigenvalue weighted by atomic mass is 10.2. The Balaban J connectivity index is 3.90. The Morgan fingerprint density at radius 1 is 1.29 bits per heavy atom. The molecule has 1 N–H and O–H groups in total. The molecule has 0 aliphatic rings. The second kappa shape index (κ2) is 4.93. The number of hydrogen-bond donors (Lipinski definition) is 1. The molecule has 0 fully saturated rings. The lowest BCUT2D eigenvalue weighted by Gasteiger charge is -2.18. The fourth-order valence-electron chi connectivity index (χ4n) is 1.57. The molecule has 120 valence electrons. The highest BCUT2D eigenvalue weighted by Crippen LogP contribution is 2.46. The molecular weight excluding hydrogens is 327 g/mol. The van der Waals surface area contributed by atoms with E-state index >= 15 is 0 Å². The number of alkyl halides is 5. The number of rotatable bonds is 4. The van der Waals surface area contributed by atoms with Crippen LogP contribution >= 0.6 is 0 Å². The number of carboxylic acid groups (broad SMARTS) is 1. The standard InChI is InChI=1S/C9H9F5N2O4S/c1-3-16-4(7(17)18)5(21(2,19)20)6(15-16)8(10,11)9(12,13)14/h3H2,1-2H3,(H,17,18). The summed E-state index contributed by atoms with van der Waals surface area (Å²) in [5, 5.41) is 11.7. The SMILES string of the molecule is CCn1nc(C(F)(F)C(F)(F)F)c(S(C)(=O)=O)c1C(=O)O. The molecule has 0 radical (unpaired) electrons. The maximum Gasteiger partial charge on any atom is 0.459 e. The minimum absolute atomic E-state index is 0.272. The van der Waals surface area contributed by atoms with Gasteiger partial charge in [0, 0.05) is 12.8 Å². The highest BCUT2D eigenvalue weighted by molar-refractivity contribution is 7.90. The van der Waals surface area contributed by atoms with Crippen LogP contribution < -0.4 is 0 Å². The monoisotopic (exact) mass is 336 g/mol. The Labute approximate surface area is 115 Å². The summed E-state index contributed by atoms with van der Waals surface area (Å²) in [6.07, 6.45) is -5.79. The molecule has 0 saturated heterocycles. The molecule has 0 amide bonds. The zero-order chi connectivity index (χ0) is 16.8. The summed E-state index contributed by atoms with van der Waals surface area (Å²) in [5.41, 5.74) is -3.38. The van der Waals surface area contributed by atoms with Crippen molar-refractivity contribution in [2.75, 3.05) is 6.26 Å². The molecule has 1 aromatic heterocycles. The first kappa shape index (κ1) is 17.3. The highest BCUT2D eigenvalue weighted by atomic mass is 32.2. The second-order valence-corrected chi connectivity index (χ2v) is 5.94. The third-order valence-electron chi connectivity index (χ3n) is 2.44. The van der Waals surface area contributed by atoms with Crippen molar-refractivity contribution in [2.45, 2.75) is 30.5 Å². The van der Waals surface area contributed by atoms with Crippen molar-refractivity contribution < 1.29 is 40.3 Å². The van der Waals surface area contributed by atoms with Crippen molar-refractivity contribution in [3.05, 3.63) is 11.4 Å². The Morgan fingerprint density at radius 2 is 1.76 bits per heavy atom. The van der Waals surface area contributed by atoms with Crippen LogP contribution in [0.3, 0.4) is 0 Å². The quantitative estimate of drug-likeness (QED) is 0.845. The van der Waals surface area contributed by atoms with Gasteiger partial charge in [-0.25, -0.2) is 13.2 Å². The van der Waals surface area contributed by atoms with Gasteiger partial charge in [0.05, 0.1) is 0 Å². The van der Waals surface area contributed by atoms with E-state index in [1.807, 2.05) is 0 Å². The van der Waals surface area contributed by atoms with Gasteiger partial charge in [-0.3, -0.25) is 4.68 Å². The van der Waals surface area contributed by atoms with E-state index in [1.165, 1.54) is 6.92 Å². The first-order valence-corrected chi connectivity index (χ1v) is 7.13. The van der Waals surface area contributed by atoms with Gasteiger partial charge in [-0.05, 0) is 6.92 Å². The van der Waals surface area contributed by atoms with Gasteiger partial charge in [-0.2, -0.15) is 27.1 Å². The van der Waals surface area contributed by atoms with Crippen LogP contribution in [0.15, 0.2) is 4.90 Å². The van der Waals surface area contributed by atoms with Gasteiger partial charge in [0.15, 0.2) is 21.2 Å². The van der Waals surface area contributed by atoms with Crippen molar-refractivity contribution in [3.8, 4) is 0 Å². The van der Waals surface area contributed by atoms with Crippen molar-refractivity contribution >= 4 is 15.8 Å². The van der Waals surface area contributed by atoms with E-state index in [0.29, 0.717) is 6.26 Å². The number of halogens is 5. The number of sulfone groups is 1. The van der Waals surface area contributed by atoms with E-state index in [-0.39, 0.29) is 4.68 Å².